The van der Waals surface area contributed by atoms with E-state index in [1.54, 1.807) is 0 Å². The van der Waals surface area contributed by atoms with Crippen molar-refractivity contribution in [2.24, 2.45) is 0 Å². The summed E-state index contributed by atoms with van der Waals surface area (Å²) in [4.78, 5) is 10.2. The maximum absolute atomic E-state index is 12.0. The molecule has 0 bridgehead atoms. The second-order valence-corrected chi connectivity index (χ2v) is 12.4. The maximum Gasteiger partial charge on any atom is 1.00 e. The number of hydrogen-bond acceptors (Lipinski definition) is 10. The van der Waals surface area contributed by atoms with Gasteiger partial charge in [-0.25, -0.2) is 25.3 Å². The van der Waals surface area contributed by atoms with Crippen molar-refractivity contribution in [3.8, 4) is 0 Å². The van der Waals surface area contributed by atoms with Gasteiger partial charge >= 0.3 is 59.1 Å². The number of sulfonamides is 1. The van der Waals surface area contributed by atoms with Crippen LogP contribution >= 0.6 is 0 Å². The minimum Gasteiger partial charge on any atom is -0.744 e. The van der Waals surface area contributed by atoms with E-state index in [2.05, 4.69) is 14.8 Å². The average molecular weight is 593 g/mol. The molecule has 0 spiro atoms. The Morgan fingerprint density at radius 2 is 1.30 bits per heavy atom. The van der Waals surface area contributed by atoms with E-state index in [0.717, 1.165) is 30.4 Å². The Morgan fingerprint density at radius 1 is 0.865 bits per heavy atom. The number of carbonyl (C=O) groups is 1. The van der Waals surface area contributed by atoms with E-state index in [0.29, 0.717) is 0 Å². The van der Waals surface area contributed by atoms with Gasteiger partial charge in [-0.3, -0.25) is 9.52 Å². The zero-order valence-electron chi connectivity index (χ0n) is 20.7. The van der Waals surface area contributed by atoms with E-state index in [-0.39, 0.29) is 88.2 Å². The molecule has 0 aromatic heterocycles. The third-order valence-corrected chi connectivity index (χ3v) is 7.99. The fourth-order valence-corrected chi connectivity index (χ4v) is 4.79. The Morgan fingerprint density at radius 3 is 1.70 bits per heavy atom. The second-order valence-electron chi connectivity index (χ2n) is 7.42. The molecule has 0 fully saturated rings. The fraction of sp³-hybridized carbons (Fsp3) is 0.250. The van der Waals surface area contributed by atoms with Crippen LogP contribution in [0.5, 0.6) is 0 Å². The zero-order chi connectivity index (χ0) is 26.6. The second kappa shape index (κ2) is 14.5. The molecule has 12 nitrogen and oxygen atoms in total. The number of nitrogens with one attached hydrogen (secondary N) is 2. The summed E-state index contributed by atoms with van der Waals surface area (Å²) >= 11 is 0. The van der Waals surface area contributed by atoms with Crippen LogP contribution in [-0.4, -0.2) is 59.2 Å². The molecule has 37 heavy (non-hydrogen) atoms. The van der Waals surface area contributed by atoms with Gasteiger partial charge in [-0.1, -0.05) is 24.3 Å². The molecule has 2 rings (SSSR count). The van der Waals surface area contributed by atoms with Crippen LogP contribution in [0.25, 0.3) is 12.2 Å². The summed E-state index contributed by atoms with van der Waals surface area (Å²) in [7, 11) is -12.6. The van der Waals surface area contributed by atoms with Gasteiger partial charge in [-0.2, -0.15) is 0 Å². The molecule has 2 aromatic carbocycles. The molecule has 0 heterocycles. The SMILES string of the molecule is COCC(=O)Nc1ccc(/C=C/c2ccc(NS(=O)(=O)C(C)C)cc2S(=O)(=O)[O-])c(S(=O)(=O)[O-])c1.[Na+].[Na+]. The minimum atomic E-state index is -5.08. The van der Waals surface area contributed by atoms with Gasteiger partial charge in [-0.15, -0.1) is 0 Å². The summed E-state index contributed by atoms with van der Waals surface area (Å²) in [6, 6.07) is 6.61. The molecule has 0 radical (unpaired) electrons. The average Bonchev–Trinajstić information content (AvgIpc) is 2.71. The first-order valence-electron chi connectivity index (χ1n) is 9.73. The summed E-state index contributed by atoms with van der Waals surface area (Å²) in [5.41, 5.74) is -0.490. The largest absolute Gasteiger partial charge is 1.00 e. The molecule has 17 heteroatoms. The number of hydrogen-bond donors (Lipinski definition) is 2. The first kappa shape index (κ1) is 36.2. The smallest absolute Gasteiger partial charge is 0.744 e. The minimum absolute atomic E-state index is 0. The normalized spacial score (nSPS) is 12.1. The van der Waals surface area contributed by atoms with Crippen molar-refractivity contribution in [2.75, 3.05) is 23.8 Å². The predicted octanol–water partition coefficient (Wildman–Crippen LogP) is -4.59. The Balaban J connectivity index is 0.00000648. The van der Waals surface area contributed by atoms with E-state index in [4.69, 9.17) is 0 Å². The zero-order valence-corrected chi connectivity index (χ0v) is 27.2. The molecule has 2 N–H and O–H groups in total. The number of amides is 1. The van der Waals surface area contributed by atoms with Crippen molar-refractivity contribution in [1.29, 1.82) is 0 Å². The Kier molecular flexibility index (Phi) is 14.2. The molecule has 0 aliphatic carbocycles. The molecule has 0 saturated heterocycles. The van der Waals surface area contributed by atoms with E-state index in [1.807, 2.05) is 0 Å². The molecule has 0 atom stereocenters. The molecular formula is C20H22N2Na2O10S3. The van der Waals surface area contributed by atoms with Gasteiger partial charge in [-0.05, 0) is 49.2 Å². The summed E-state index contributed by atoms with van der Waals surface area (Å²) in [5, 5.41) is 1.52. The topological polar surface area (TPSA) is 199 Å². The number of benzene rings is 2. The number of rotatable bonds is 10. The van der Waals surface area contributed by atoms with Crippen LogP contribution in [0.2, 0.25) is 0 Å². The van der Waals surface area contributed by atoms with Crippen LogP contribution in [0.15, 0.2) is 46.2 Å². The summed E-state index contributed by atoms with van der Waals surface area (Å²) in [6.07, 6.45) is 2.17. The van der Waals surface area contributed by atoms with Gasteiger partial charge in [0.05, 0.1) is 15.0 Å². The van der Waals surface area contributed by atoms with Gasteiger partial charge < -0.3 is 19.2 Å². The summed E-state index contributed by atoms with van der Waals surface area (Å²) in [5.74, 6) is -0.594. The van der Waals surface area contributed by atoms with E-state index in [9.17, 15) is 39.2 Å². The first-order chi connectivity index (χ1) is 16.0. The van der Waals surface area contributed by atoms with E-state index < -0.39 is 51.2 Å². The van der Waals surface area contributed by atoms with Crippen molar-refractivity contribution in [1.82, 2.24) is 0 Å². The molecule has 0 saturated carbocycles. The van der Waals surface area contributed by atoms with Crippen molar-refractivity contribution in [3.63, 3.8) is 0 Å². The van der Waals surface area contributed by atoms with Gasteiger partial charge in [0.1, 0.15) is 26.8 Å². The van der Waals surface area contributed by atoms with Crippen molar-refractivity contribution in [2.45, 2.75) is 28.9 Å². The van der Waals surface area contributed by atoms with Gasteiger partial charge in [0.2, 0.25) is 15.9 Å². The van der Waals surface area contributed by atoms with Crippen LogP contribution in [0.1, 0.15) is 25.0 Å². The van der Waals surface area contributed by atoms with Gasteiger partial charge in [0.25, 0.3) is 0 Å². The Hall–Kier alpha value is -0.820. The van der Waals surface area contributed by atoms with Crippen LogP contribution in [0.4, 0.5) is 11.4 Å². The molecule has 0 unspecified atom stereocenters. The Bertz CT molecular complexity index is 1470. The number of carbonyl (C=O) groups excluding carboxylic acids is 1. The van der Waals surface area contributed by atoms with E-state index >= 15 is 0 Å². The third kappa shape index (κ3) is 10.7. The molecule has 192 valence electrons. The first-order valence-corrected chi connectivity index (χ1v) is 14.1. The molecule has 0 aliphatic heterocycles. The van der Waals surface area contributed by atoms with Crippen LogP contribution in [-0.2, 0) is 39.8 Å². The van der Waals surface area contributed by atoms with Crippen LogP contribution < -0.4 is 69.2 Å². The Labute approximate surface area is 260 Å². The molecule has 1 amide bonds. The summed E-state index contributed by atoms with van der Waals surface area (Å²) in [6.45, 7) is 2.50. The standard InChI is InChI=1S/C20H24N2O10S3.2Na/c1-13(2)33(24,25)22-17-9-7-15(19(11-17)35(29,30)31)5-4-14-6-8-16(21-20(23)12-32-3)10-18(14)34(26,27)28;;/h4-11,13,22H,12H2,1-3H3,(H,21,23)(H,26,27,28)(H,29,30,31);;/q;2*+1/p-2/b5-4+;;. The van der Waals surface area contributed by atoms with E-state index in [1.165, 1.54) is 39.2 Å². The molecular weight excluding hydrogens is 570 g/mol. The molecule has 2 aromatic rings. The van der Waals surface area contributed by atoms with Crippen molar-refractivity contribution in [3.05, 3.63) is 47.5 Å². The number of anilines is 2. The molecule has 0 aliphatic rings. The quantitative estimate of drug-likeness (QED) is 0.154. The van der Waals surface area contributed by atoms with Crippen molar-refractivity contribution < 1.29 is 103 Å². The number of ether oxygens (including phenoxy) is 1. The number of methoxy groups -OCH3 is 1. The van der Waals surface area contributed by atoms with Crippen LogP contribution in [0.3, 0.4) is 0 Å². The van der Waals surface area contributed by atoms with Gasteiger partial charge in [0, 0.05) is 18.5 Å². The van der Waals surface area contributed by atoms with Crippen molar-refractivity contribution >= 4 is 59.7 Å². The monoisotopic (exact) mass is 592 g/mol. The predicted molar refractivity (Wildman–Crippen MR) is 126 cm³/mol. The fourth-order valence-electron chi connectivity index (χ4n) is 2.71. The van der Waals surface area contributed by atoms with Gasteiger partial charge in [0.15, 0.2) is 0 Å². The van der Waals surface area contributed by atoms with Crippen LogP contribution in [0, 0.1) is 0 Å². The summed E-state index contributed by atoms with van der Waals surface area (Å²) < 4.78 is 102. The maximum atomic E-state index is 12.0. The third-order valence-electron chi connectivity index (χ3n) is 4.45.